The Kier molecular flexibility index (Phi) is 5.14. The van der Waals surface area contributed by atoms with Gasteiger partial charge in [0, 0.05) is 30.2 Å². The molecule has 0 radical (unpaired) electrons. The number of fused-ring (bicyclic) bond motifs is 1. The zero-order valence-electron chi connectivity index (χ0n) is 16.2. The van der Waals surface area contributed by atoms with Crippen molar-refractivity contribution in [1.82, 2.24) is 15.3 Å². The van der Waals surface area contributed by atoms with Gasteiger partial charge in [0.2, 0.25) is 0 Å². The van der Waals surface area contributed by atoms with E-state index in [4.69, 9.17) is 9.15 Å². The first-order chi connectivity index (χ1) is 13.6. The normalized spacial score (nSPS) is 14.3. The van der Waals surface area contributed by atoms with Crippen LogP contribution < -0.4 is 15.0 Å². The van der Waals surface area contributed by atoms with Crippen LogP contribution >= 0.6 is 0 Å². The molecule has 0 saturated carbocycles. The molecule has 2 aromatic heterocycles. The van der Waals surface area contributed by atoms with Crippen LogP contribution in [0.15, 0.2) is 34.7 Å². The number of anilines is 1. The Labute approximate surface area is 163 Å². The maximum atomic E-state index is 12.5. The quantitative estimate of drug-likeness (QED) is 0.730. The standard InChI is InChI=1S/C21H24N4O3/c1-14-11-19(25-9-4-3-5-10-25)24-18(23-14)13-22-21(26)17-12-15-7-6-8-16(27-2)20(15)28-17/h6-8,11-12H,3-5,9-10,13H2,1-2H3,(H,22,26). The number of aryl methyl sites for hydroxylation is 1. The number of piperidine rings is 1. The highest BCUT2D eigenvalue weighted by Gasteiger charge is 2.17. The van der Waals surface area contributed by atoms with Crippen LogP contribution in [0.3, 0.4) is 0 Å². The third kappa shape index (κ3) is 3.78. The van der Waals surface area contributed by atoms with Crippen LogP contribution in [0, 0.1) is 6.92 Å². The fourth-order valence-electron chi connectivity index (χ4n) is 3.53. The number of hydrogen-bond acceptors (Lipinski definition) is 6. The van der Waals surface area contributed by atoms with Crippen LogP contribution in [0.2, 0.25) is 0 Å². The topological polar surface area (TPSA) is 80.5 Å². The second-order valence-corrected chi connectivity index (χ2v) is 7.00. The monoisotopic (exact) mass is 380 g/mol. The lowest BCUT2D eigenvalue weighted by molar-refractivity contribution is 0.0924. The van der Waals surface area contributed by atoms with Gasteiger partial charge in [-0.25, -0.2) is 9.97 Å². The lowest BCUT2D eigenvalue weighted by Gasteiger charge is -2.28. The molecule has 4 rings (SSSR count). The number of carbonyl (C=O) groups excluding carboxylic acids is 1. The summed E-state index contributed by atoms with van der Waals surface area (Å²) in [5.41, 5.74) is 1.46. The van der Waals surface area contributed by atoms with Gasteiger partial charge in [0.25, 0.3) is 5.91 Å². The fraction of sp³-hybridized carbons (Fsp3) is 0.381. The first kappa shape index (κ1) is 18.3. The lowest BCUT2D eigenvalue weighted by Crippen LogP contribution is -2.31. The van der Waals surface area contributed by atoms with Gasteiger partial charge in [0.05, 0.1) is 13.7 Å². The Hall–Kier alpha value is -3.09. The highest BCUT2D eigenvalue weighted by Crippen LogP contribution is 2.28. The molecule has 0 spiro atoms. The third-order valence-electron chi connectivity index (χ3n) is 4.93. The molecule has 1 aliphatic heterocycles. The number of nitrogens with zero attached hydrogens (tertiary/aromatic N) is 3. The van der Waals surface area contributed by atoms with Crippen molar-refractivity contribution in [2.75, 3.05) is 25.1 Å². The highest BCUT2D eigenvalue weighted by molar-refractivity contribution is 5.97. The first-order valence-electron chi connectivity index (χ1n) is 9.58. The minimum Gasteiger partial charge on any atom is -0.493 e. The summed E-state index contributed by atoms with van der Waals surface area (Å²) in [5.74, 6) is 2.07. The molecule has 3 aromatic rings. The molecule has 1 aromatic carbocycles. The van der Waals surface area contributed by atoms with E-state index in [2.05, 4.69) is 20.2 Å². The van der Waals surface area contributed by atoms with Gasteiger partial charge >= 0.3 is 0 Å². The number of rotatable bonds is 5. The zero-order valence-corrected chi connectivity index (χ0v) is 16.2. The molecule has 1 amide bonds. The van der Waals surface area contributed by atoms with E-state index in [-0.39, 0.29) is 18.2 Å². The summed E-state index contributed by atoms with van der Waals surface area (Å²) in [4.78, 5) is 23.9. The molecule has 0 aliphatic carbocycles. The molecule has 146 valence electrons. The highest BCUT2D eigenvalue weighted by atomic mass is 16.5. The molecule has 7 nitrogen and oxygen atoms in total. The number of aromatic nitrogens is 2. The van der Waals surface area contributed by atoms with Gasteiger partial charge < -0.3 is 19.4 Å². The van der Waals surface area contributed by atoms with Crippen LogP contribution in [-0.4, -0.2) is 36.1 Å². The molecule has 1 aliphatic rings. The van der Waals surface area contributed by atoms with Crippen molar-refractivity contribution in [3.05, 3.63) is 47.6 Å². The van der Waals surface area contributed by atoms with Crippen molar-refractivity contribution in [3.63, 3.8) is 0 Å². The van der Waals surface area contributed by atoms with E-state index in [1.165, 1.54) is 19.3 Å². The molecule has 0 unspecified atom stereocenters. The molecule has 0 bridgehead atoms. The van der Waals surface area contributed by atoms with Gasteiger partial charge in [-0.05, 0) is 38.3 Å². The molecule has 3 heterocycles. The average molecular weight is 380 g/mol. The summed E-state index contributed by atoms with van der Waals surface area (Å²) in [5, 5.41) is 3.68. The smallest absolute Gasteiger partial charge is 0.287 e. The van der Waals surface area contributed by atoms with Crippen LogP contribution in [0.25, 0.3) is 11.0 Å². The molecule has 1 saturated heterocycles. The second-order valence-electron chi connectivity index (χ2n) is 7.00. The summed E-state index contributed by atoms with van der Waals surface area (Å²) in [6.45, 7) is 4.23. The number of benzene rings is 1. The third-order valence-corrected chi connectivity index (χ3v) is 4.93. The number of ether oxygens (including phenoxy) is 1. The number of nitrogens with one attached hydrogen (secondary N) is 1. The van der Waals surface area contributed by atoms with Crippen molar-refractivity contribution < 1.29 is 13.9 Å². The van der Waals surface area contributed by atoms with E-state index in [9.17, 15) is 4.79 Å². The van der Waals surface area contributed by atoms with Gasteiger partial charge in [-0.2, -0.15) is 0 Å². The summed E-state index contributed by atoms with van der Waals surface area (Å²) in [7, 11) is 1.58. The maximum absolute atomic E-state index is 12.5. The Morgan fingerprint density at radius 2 is 2.04 bits per heavy atom. The van der Waals surface area contributed by atoms with E-state index in [0.717, 1.165) is 30.0 Å². The number of hydrogen-bond donors (Lipinski definition) is 1. The van der Waals surface area contributed by atoms with Crippen LogP contribution in [0.4, 0.5) is 5.82 Å². The molecular formula is C21H24N4O3. The van der Waals surface area contributed by atoms with Crippen molar-refractivity contribution in [2.24, 2.45) is 0 Å². The van der Waals surface area contributed by atoms with E-state index >= 15 is 0 Å². The number of amides is 1. The van der Waals surface area contributed by atoms with Gasteiger partial charge in [0.1, 0.15) is 11.6 Å². The number of carbonyl (C=O) groups is 1. The van der Waals surface area contributed by atoms with Gasteiger partial charge in [-0.3, -0.25) is 4.79 Å². The van der Waals surface area contributed by atoms with E-state index in [0.29, 0.717) is 17.2 Å². The van der Waals surface area contributed by atoms with Crippen LogP contribution in [0.1, 0.15) is 41.3 Å². The molecule has 0 atom stereocenters. The summed E-state index contributed by atoms with van der Waals surface area (Å²) in [6.07, 6.45) is 3.64. The zero-order chi connectivity index (χ0) is 19.5. The predicted molar refractivity (Wildman–Crippen MR) is 107 cm³/mol. The molecular weight excluding hydrogens is 356 g/mol. The summed E-state index contributed by atoms with van der Waals surface area (Å²) in [6, 6.07) is 9.26. The average Bonchev–Trinajstić information content (AvgIpc) is 3.17. The van der Waals surface area contributed by atoms with E-state index in [1.54, 1.807) is 19.2 Å². The van der Waals surface area contributed by atoms with Crippen molar-refractivity contribution in [3.8, 4) is 5.75 Å². The van der Waals surface area contributed by atoms with Gasteiger partial charge in [-0.1, -0.05) is 12.1 Å². The Bertz CT molecular complexity index is 992. The maximum Gasteiger partial charge on any atom is 0.287 e. The van der Waals surface area contributed by atoms with Crippen LogP contribution in [0.5, 0.6) is 5.75 Å². The van der Waals surface area contributed by atoms with Gasteiger partial charge in [0.15, 0.2) is 17.1 Å². The molecule has 1 N–H and O–H groups in total. The Morgan fingerprint density at radius 3 is 2.82 bits per heavy atom. The van der Waals surface area contributed by atoms with Crippen molar-refractivity contribution in [2.45, 2.75) is 32.7 Å². The summed E-state index contributed by atoms with van der Waals surface area (Å²) >= 11 is 0. The number of para-hydroxylation sites is 1. The number of furan rings is 1. The second kappa shape index (κ2) is 7.88. The first-order valence-corrected chi connectivity index (χ1v) is 9.58. The fourth-order valence-corrected chi connectivity index (χ4v) is 3.53. The number of methoxy groups -OCH3 is 1. The van der Waals surface area contributed by atoms with Crippen LogP contribution in [-0.2, 0) is 6.54 Å². The molecule has 28 heavy (non-hydrogen) atoms. The SMILES string of the molecule is COc1cccc2cc(C(=O)NCc3nc(C)cc(N4CCCCC4)n3)oc12. The minimum absolute atomic E-state index is 0.239. The molecule has 7 heteroatoms. The Morgan fingerprint density at radius 1 is 1.21 bits per heavy atom. The predicted octanol–water partition coefficient (Wildman–Crippen LogP) is 3.46. The van der Waals surface area contributed by atoms with Gasteiger partial charge in [-0.15, -0.1) is 0 Å². The minimum atomic E-state index is -0.303. The van der Waals surface area contributed by atoms with E-state index in [1.807, 2.05) is 25.1 Å². The van der Waals surface area contributed by atoms with E-state index < -0.39 is 0 Å². The lowest BCUT2D eigenvalue weighted by atomic mass is 10.1. The van der Waals surface area contributed by atoms with Crippen molar-refractivity contribution in [1.29, 1.82) is 0 Å². The Balaban J connectivity index is 1.48. The van der Waals surface area contributed by atoms with Crippen molar-refractivity contribution >= 4 is 22.7 Å². The largest absolute Gasteiger partial charge is 0.493 e. The molecule has 1 fully saturated rings. The summed E-state index contributed by atoms with van der Waals surface area (Å²) < 4.78 is 11.0.